The molecule has 0 heterocycles. The first-order valence-corrected chi connectivity index (χ1v) is 5.48. The minimum absolute atomic E-state index is 0.0687. The maximum atomic E-state index is 12.0. The summed E-state index contributed by atoms with van der Waals surface area (Å²) in [6, 6.07) is 2.06. The smallest absolute Gasteiger partial charge is 0.432 e. The Balaban J connectivity index is 3.10. The summed E-state index contributed by atoms with van der Waals surface area (Å²) in [5.41, 5.74) is 0. The summed E-state index contributed by atoms with van der Waals surface area (Å²) < 4.78 is 67.3. The van der Waals surface area contributed by atoms with Gasteiger partial charge in [0.15, 0.2) is 5.75 Å². The highest BCUT2D eigenvalue weighted by atomic mass is 79.9. The molecule has 0 unspecified atom stereocenters. The lowest BCUT2D eigenvalue weighted by atomic mass is 10.3. The van der Waals surface area contributed by atoms with Crippen molar-refractivity contribution in [2.75, 3.05) is 0 Å². The van der Waals surface area contributed by atoms with Crippen LogP contribution in [0.25, 0.3) is 0 Å². The SMILES string of the molecule is FC(F)Oc1c(Br)ccc(OC(F)(F)F)c1Br. The monoisotopic (exact) mass is 384 g/mol. The van der Waals surface area contributed by atoms with Crippen molar-refractivity contribution in [1.82, 2.24) is 0 Å². The highest BCUT2D eigenvalue weighted by Gasteiger charge is 2.33. The standard InChI is InChI=1S/C8H3Br2F5O2/c9-3-1-2-4(17-8(13,14)15)5(10)6(3)16-7(11)12/h1-2,7H. The van der Waals surface area contributed by atoms with E-state index in [2.05, 4.69) is 41.3 Å². The molecule has 9 heteroatoms. The van der Waals surface area contributed by atoms with E-state index in [1.165, 1.54) is 0 Å². The van der Waals surface area contributed by atoms with Gasteiger partial charge in [0.05, 0.1) is 4.47 Å². The third-order valence-corrected chi connectivity index (χ3v) is 2.82. The zero-order valence-electron chi connectivity index (χ0n) is 7.69. The topological polar surface area (TPSA) is 18.5 Å². The van der Waals surface area contributed by atoms with Gasteiger partial charge >= 0.3 is 13.0 Å². The van der Waals surface area contributed by atoms with E-state index in [9.17, 15) is 22.0 Å². The van der Waals surface area contributed by atoms with Crippen LogP contribution in [0.1, 0.15) is 0 Å². The number of hydrogen-bond acceptors (Lipinski definition) is 2. The van der Waals surface area contributed by atoms with E-state index < -0.39 is 24.5 Å². The third kappa shape index (κ3) is 4.30. The fourth-order valence-electron chi connectivity index (χ4n) is 0.915. The van der Waals surface area contributed by atoms with E-state index in [1.807, 2.05) is 0 Å². The Morgan fingerprint density at radius 2 is 1.71 bits per heavy atom. The summed E-state index contributed by atoms with van der Waals surface area (Å²) in [5.74, 6) is -1.14. The average Bonchev–Trinajstić information content (AvgIpc) is 2.15. The summed E-state index contributed by atoms with van der Waals surface area (Å²) in [4.78, 5) is 0. The molecular formula is C8H3Br2F5O2. The van der Waals surface area contributed by atoms with Crippen LogP contribution in [-0.4, -0.2) is 13.0 Å². The van der Waals surface area contributed by atoms with Crippen LogP contribution in [0.4, 0.5) is 22.0 Å². The second-order valence-corrected chi connectivity index (χ2v) is 4.26. The molecule has 1 rings (SSSR count). The van der Waals surface area contributed by atoms with Gasteiger partial charge in [-0.25, -0.2) is 0 Å². The average molecular weight is 386 g/mol. The van der Waals surface area contributed by atoms with Crippen molar-refractivity contribution < 1.29 is 31.4 Å². The van der Waals surface area contributed by atoms with Gasteiger partial charge in [0.1, 0.15) is 10.2 Å². The number of rotatable bonds is 3. The lowest BCUT2D eigenvalue weighted by Crippen LogP contribution is -2.17. The van der Waals surface area contributed by atoms with Gasteiger partial charge in [-0.1, -0.05) is 0 Å². The van der Waals surface area contributed by atoms with Crippen LogP contribution in [-0.2, 0) is 0 Å². The largest absolute Gasteiger partial charge is 0.573 e. The van der Waals surface area contributed by atoms with E-state index in [4.69, 9.17) is 0 Å². The molecule has 1 aromatic carbocycles. The molecule has 0 N–H and O–H groups in total. The summed E-state index contributed by atoms with van der Waals surface area (Å²) in [6.45, 7) is -3.16. The van der Waals surface area contributed by atoms with Crippen LogP contribution in [0.5, 0.6) is 11.5 Å². The number of alkyl halides is 5. The first-order chi connectivity index (χ1) is 7.70. The summed E-state index contributed by atoms with van der Waals surface area (Å²) in [5, 5.41) is 0. The van der Waals surface area contributed by atoms with Crippen LogP contribution >= 0.6 is 31.9 Å². The maximum absolute atomic E-state index is 12.0. The molecule has 1 aromatic rings. The second-order valence-electron chi connectivity index (χ2n) is 2.61. The molecule has 0 aliphatic heterocycles. The van der Waals surface area contributed by atoms with E-state index >= 15 is 0 Å². The second kappa shape index (κ2) is 5.38. The molecule has 0 aromatic heterocycles. The lowest BCUT2D eigenvalue weighted by molar-refractivity contribution is -0.274. The molecule has 0 spiro atoms. The molecular weight excluding hydrogens is 383 g/mol. The number of benzene rings is 1. The minimum atomic E-state index is -4.92. The van der Waals surface area contributed by atoms with E-state index in [1.54, 1.807) is 0 Å². The van der Waals surface area contributed by atoms with E-state index in [0.29, 0.717) is 0 Å². The molecule has 0 atom stereocenters. The van der Waals surface area contributed by atoms with Crippen LogP contribution in [0.15, 0.2) is 21.1 Å². The highest BCUT2D eigenvalue weighted by molar-refractivity contribution is 9.11. The first-order valence-electron chi connectivity index (χ1n) is 3.89. The summed E-state index contributed by atoms with van der Waals surface area (Å²) in [7, 11) is 0. The highest BCUT2D eigenvalue weighted by Crippen LogP contribution is 2.42. The van der Waals surface area contributed by atoms with E-state index in [0.717, 1.165) is 12.1 Å². The van der Waals surface area contributed by atoms with Crippen molar-refractivity contribution in [1.29, 1.82) is 0 Å². The molecule has 0 amide bonds. The first kappa shape index (κ1) is 14.5. The summed E-state index contributed by atoms with van der Waals surface area (Å²) in [6.07, 6.45) is -4.92. The Hall–Kier alpha value is -0.570. The van der Waals surface area contributed by atoms with Gasteiger partial charge in [0.25, 0.3) is 0 Å². The zero-order valence-corrected chi connectivity index (χ0v) is 10.9. The number of hydrogen-bond donors (Lipinski definition) is 0. The van der Waals surface area contributed by atoms with Crippen molar-refractivity contribution in [2.45, 2.75) is 13.0 Å². The molecule has 0 bridgehead atoms. The zero-order chi connectivity index (χ0) is 13.2. The van der Waals surface area contributed by atoms with Crippen molar-refractivity contribution in [2.24, 2.45) is 0 Å². The number of ether oxygens (including phenoxy) is 2. The molecule has 0 fully saturated rings. The van der Waals surface area contributed by atoms with Crippen molar-refractivity contribution in [3.63, 3.8) is 0 Å². The predicted molar refractivity (Wildman–Crippen MR) is 55.2 cm³/mol. The molecule has 0 aliphatic rings. The quantitative estimate of drug-likeness (QED) is 0.701. The molecule has 0 radical (unpaired) electrons. The normalized spacial score (nSPS) is 11.8. The molecule has 96 valence electrons. The van der Waals surface area contributed by atoms with Gasteiger partial charge < -0.3 is 9.47 Å². The molecule has 0 aliphatic carbocycles. The number of halogens is 7. The molecule has 17 heavy (non-hydrogen) atoms. The molecule has 0 saturated carbocycles. The van der Waals surface area contributed by atoms with Crippen LogP contribution < -0.4 is 9.47 Å². The Bertz CT molecular complexity index is 408. The predicted octanol–water partition coefficient (Wildman–Crippen LogP) is 4.71. The fraction of sp³-hybridized carbons (Fsp3) is 0.250. The molecule has 2 nitrogen and oxygen atoms in total. The van der Waals surface area contributed by atoms with Crippen molar-refractivity contribution in [3.8, 4) is 11.5 Å². The Morgan fingerprint density at radius 1 is 1.12 bits per heavy atom. The van der Waals surface area contributed by atoms with Crippen LogP contribution in [0.2, 0.25) is 0 Å². The van der Waals surface area contributed by atoms with Gasteiger partial charge in [-0.2, -0.15) is 8.78 Å². The van der Waals surface area contributed by atoms with E-state index in [-0.39, 0.29) is 8.95 Å². The Labute approximate surface area is 109 Å². The van der Waals surface area contributed by atoms with Gasteiger partial charge in [-0.05, 0) is 44.0 Å². The van der Waals surface area contributed by atoms with Gasteiger partial charge in [0, 0.05) is 0 Å². The fourth-order valence-corrected chi connectivity index (χ4v) is 2.13. The molecule has 0 saturated heterocycles. The lowest BCUT2D eigenvalue weighted by Gasteiger charge is -2.14. The summed E-state index contributed by atoms with van der Waals surface area (Å²) >= 11 is 5.56. The van der Waals surface area contributed by atoms with Crippen molar-refractivity contribution >= 4 is 31.9 Å². The van der Waals surface area contributed by atoms with Gasteiger partial charge in [-0.15, -0.1) is 13.2 Å². The minimum Gasteiger partial charge on any atom is -0.432 e. The Kier molecular flexibility index (Phi) is 4.59. The maximum Gasteiger partial charge on any atom is 0.573 e. The van der Waals surface area contributed by atoms with Crippen LogP contribution in [0, 0.1) is 0 Å². The Morgan fingerprint density at radius 3 is 2.18 bits per heavy atom. The third-order valence-electron chi connectivity index (χ3n) is 1.45. The van der Waals surface area contributed by atoms with Crippen molar-refractivity contribution in [3.05, 3.63) is 21.1 Å². The van der Waals surface area contributed by atoms with Gasteiger partial charge in [-0.3, -0.25) is 0 Å². The van der Waals surface area contributed by atoms with Gasteiger partial charge in [0.2, 0.25) is 0 Å². The van der Waals surface area contributed by atoms with Crippen LogP contribution in [0.3, 0.4) is 0 Å².